The van der Waals surface area contributed by atoms with Crippen LogP contribution in [0.2, 0.25) is 0 Å². The van der Waals surface area contributed by atoms with Gasteiger partial charge in [-0.2, -0.15) is 19.4 Å². The standard InChI is InChI=1S/C21H21N5O3S/c1-14-20(16-8-6-15(12-22)7-9-16)21(27)26(24-14)19-11-10-17(13-23-19)25-30(28,29)18-4-2-3-5-18/h6-9,11,13,18,27H,2-5,10H2,1H3. The van der Waals surface area contributed by atoms with E-state index in [0.717, 1.165) is 18.4 Å². The lowest BCUT2D eigenvalue weighted by molar-refractivity contribution is 0.436. The van der Waals surface area contributed by atoms with Crippen molar-refractivity contribution >= 4 is 27.8 Å². The van der Waals surface area contributed by atoms with E-state index >= 15 is 0 Å². The summed E-state index contributed by atoms with van der Waals surface area (Å²) in [6.45, 7) is 1.78. The van der Waals surface area contributed by atoms with E-state index in [1.807, 2.05) is 0 Å². The van der Waals surface area contributed by atoms with Crippen LogP contribution in [0.4, 0.5) is 0 Å². The van der Waals surface area contributed by atoms with E-state index in [4.69, 9.17) is 5.26 Å². The molecule has 0 atom stereocenters. The van der Waals surface area contributed by atoms with Gasteiger partial charge in [0.25, 0.3) is 10.0 Å². The van der Waals surface area contributed by atoms with E-state index < -0.39 is 15.3 Å². The molecule has 9 heteroatoms. The quantitative estimate of drug-likeness (QED) is 0.808. The minimum atomic E-state index is -3.52. The highest BCUT2D eigenvalue weighted by Gasteiger charge is 2.29. The third-order valence-corrected chi connectivity index (χ3v) is 7.17. The molecule has 0 amide bonds. The van der Waals surface area contributed by atoms with Crippen LogP contribution >= 0.6 is 0 Å². The van der Waals surface area contributed by atoms with Crippen molar-refractivity contribution in [3.63, 3.8) is 0 Å². The van der Waals surface area contributed by atoms with Crippen LogP contribution in [0.1, 0.15) is 43.4 Å². The molecule has 0 bridgehead atoms. The van der Waals surface area contributed by atoms with Crippen LogP contribution in [0.3, 0.4) is 0 Å². The average Bonchev–Trinajstić information content (AvgIpc) is 3.38. The summed E-state index contributed by atoms with van der Waals surface area (Å²) in [5, 5.41) is 23.7. The van der Waals surface area contributed by atoms with Gasteiger partial charge < -0.3 is 5.11 Å². The van der Waals surface area contributed by atoms with Crippen LogP contribution in [0.15, 0.2) is 39.7 Å². The zero-order chi connectivity index (χ0) is 21.3. The van der Waals surface area contributed by atoms with Gasteiger partial charge in [0.15, 0.2) is 5.82 Å². The Morgan fingerprint density at radius 3 is 2.53 bits per heavy atom. The number of aromatic nitrogens is 2. The molecule has 154 valence electrons. The maximum Gasteiger partial charge on any atom is 0.256 e. The van der Waals surface area contributed by atoms with Gasteiger partial charge >= 0.3 is 0 Å². The molecule has 1 aliphatic heterocycles. The predicted octanol–water partition coefficient (Wildman–Crippen LogP) is 3.42. The van der Waals surface area contributed by atoms with Gasteiger partial charge in [-0.25, -0.2) is 13.4 Å². The van der Waals surface area contributed by atoms with E-state index in [1.165, 1.54) is 10.9 Å². The molecular weight excluding hydrogens is 402 g/mol. The number of aromatic hydroxyl groups is 1. The largest absolute Gasteiger partial charge is 0.493 e. The fraction of sp³-hybridized carbons (Fsp3) is 0.333. The lowest BCUT2D eigenvalue weighted by atomic mass is 10.0. The molecule has 1 saturated carbocycles. The highest BCUT2D eigenvalue weighted by Crippen LogP contribution is 2.35. The number of allylic oxidation sites excluding steroid dienone is 1. The van der Waals surface area contributed by atoms with Crippen LogP contribution in [0.25, 0.3) is 16.9 Å². The Kier molecular flexibility index (Phi) is 5.26. The minimum Gasteiger partial charge on any atom is -0.493 e. The van der Waals surface area contributed by atoms with Crippen molar-refractivity contribution in [2.24, 2.45) is 9.39 Å². The molecule has 2 heterocycles. The van der Waals surface area contributed by atoms with Crippen LogP contribution in [0.5, 0.6) is 5.88 Å². The first-order chi connectivity index (χ1) is 14.4. The fourth-order valence-electron chi connectivity index (χ4n) is 3.79. The second kappa shape index (κ2) is 7.88. The van der Waals surface area contributed by atoms with E-state index in [0.29, 0.717) is 41.2 Å². The number of nitriles is 1. The smallest absolute Gasteiger partial charge is 0.256 e. The van der Waals surface area contributed by atoms with Gasteiger partial charge in [0.2, 0.25) is 5.88 Å². The van der Waals surface area contributed by atoms with Crippen LogP contribution in [0, 0.1) is 18.3 Å². The third-order valence-electron chi connectivity index (χ3n) is 5.36. The number of hydrogen-bond donors (Lipinski definition) is 1. The first kappa shape index (κ1) is 20.0. The summed E-state index contributed by atoms with van der Waals surface area (Å²) in [7, 11) is -3.52. The summed E-state index contributed by atoms with van der Waals surface area (Å²) >= 11 is 0. The van der Waals surface area contributed by atoms with Gasteiger partial charge in [-0.3, -0.25) is 0 Å². The second-order valence-corrected chi connectivity index (χ2v) is 9.29. The first-order valence-corrected chi connectivity index (χ1v) is 11.3. The highest BCUT2D eigenvalue weighted by atomic mass is 32.2. The van der Waals surface area contributed by atoms with Crippen molar-refractivity contribution < 1.29 is 13.5 Å². The molecule has 4 rings (SSSR count). The maximum absolute atomic E-state index is 12.4. The van der Waals surface area contributed by atoms with Crippen LogP contribution in [-0.2, 0) is 10.0 Å². The summed E-state index contributed by atoms with van der Waals surface area (Å²) in [5.41, 5.74) is 2.81. The van der Waals surface area contributed by atoms with Crippen molar-refractivity contribution in [1.82, 2.24) is 9.78 Å². The Balaban J connectivity index is 1.58. The SMILES string of the molecule is Cc1nn(C2=CCC(=NS(=O)(=O)C3CCCC3)C=N2)c(O)c1-c1ccc(C#N)cc1. The van der Waals surface area contributed by atoms with E-state index in [2.05, 4.69) is 20.6 Å². The monoisotopic (exact) mass is 423 g/mol. The number of aliphatic imine (C=N–C) groups is 1. The summed E-state index contributed by atoms with van der Waals surface area (Å²) in [6, 6.07) is 8.93. The first-order valence-electron chi connectivity index (χ1n) is 9.75. The van der Waals surface area contributed by atoms with Gasteiger partial charge in [0.05, 0.1) is 40.1 Å². The molecule has 0 unspecified atom stereocenters. The lowest BCUT2D eigenvalue weighted by Crippen LogP contribution is -2.18. The Morgan fingerprint density at radius 2 is 1.93 bits per heavy atom. The molecule has 1 aromatic carbocycles. The van der Waals surface area contributed by atoms with Crippen molar-refractivity contribution in [2.45, 2.75) is 44.3 Å². The maximum atomic E-state index is 12.4. The molecule has 8 nitrogen and oxygen atoms in total. The van der Waals surface area contributed by atoms with Crippen molar-refractivity contribution in [2.75, 3.05) is 0 Å². The molecule has 2 aromatic rings. The highest BCUT2D eigenvalue weighted by molar-refractivity contribution is 7.91. The number of nitrogens with zero attached hydrogens (tertiary/aromatic N) is 5. The lowest BCUT2D eigenvalue weighted by Gasteiger charge is -2.11. The Bertz CT molecular complexity index is 1210. The van der Waals surface area contributed by atoms with Gasteiger partial charge in [-0.05, 0) is 43.5 Å². The van der Waals surface area contributed by atoms with E-state index in [-0.39, 0.29) is 12.3 Å². The van der Waals surface area contributed by atoms with Crippen LogP contribution < -0.4 is 0 Å². The number of hydrogen-bond acceptors (Lipinski definition) is 6. The third kappa shape index (κ3) is 3.78. The molecule has 1 fully saturated rings. The number of rotatable bonds is 4. The Hall–Kier alpha value is -3.25. The number of benzene rings is 1. The van der Waals surface area contributed by atoms with Gasteiger partial charge in [-0.15, -0.1) is 0 Å². The zero-order valence-electron chi connectivity index (χ0n) is 16.5. The van der Waals surface area contributed by atoms with E-state index in [9.17, 15) is 13.5 Å². The molecule has 0 radical (unpaired) electrons. The zero-order valence-corrected chi connectivity index (χ0v) is 17.3. The van der Waals surface area contributed by atoms with Gasteiger partial charge in [0, 0.05) is 6.42 Å². The Morgan fingerprint density at radius 1 is 1.23 bits per heavy atom. The summed E-state index contributed by atoms with van der Waals surface area (Å²) in [5.74, 6) is 0.326. The topological polar surface area (TPSA) is 121 Å². The van der Waals surface area contributed by atoms with Gasteiger partial charge in [0.1, 0.15) is 0 Å². The molecule has 1 aromatic heterocycles. The van der Waals surface area contributed by atoms with Crippen LogP contribution in [-0.4, -0.2) is 40.5 Å². The molecule has 30 heavy (non-hydrogen) atoms. The molecule has 0 saturated heterocycles. The number of sulfonamides is 1. The minimum absolute atomic E-state index is 0.0698. The molecule has 1 N–H and O–H groups in total. The van der Waals surface area contributed by atoms with Crippen molar-refractivity contribution in [3.05, 3.63) is 41.6 Å². The summed E-state index contributed by atoms with van der Waals surface area (Å²) < 4.78 is 30.1. The second-order valence-electron chi connectivity index (χ2n) is 7.41. The Labute approximate surface area is 175 Å². The summed E-state index contributed by atoms with van der Waals surface area (Å²) in [4.78, 5) is 4.27. The molecular formula is C21H21N5O3S. The number of aryl methyl sites for hydroxylation is 1. The molecule has 0 spiro atoms. The summed E-state index contributed by atoms with van der Waals surface area (Å²) in [6.07, 6.45) is 6.57. The van der Waals surface area contributed by atoms with Crippen molar-refractivity contribution in [1.29, 1.82) is 5.26 Å². The molecule has 2 aliphatic rings. The van der Waals surface area contributed by atoms with Gasteiger partial charge in [-0.1, -0.05) is 25.0 Å². The normalized spacial score (nSPS) is 18.5. The predicted molar refractivity (Wildman–Crippen MR) is 115 cm³/mol. The fourth-order valence-corrected chi connectivity index (χ4v) is 5.32. The average molecular weight is 423 g/mol. The molecule has 1 aliphatic carbocycles. The van der Waals surface area contributed by atoms with E-state index in [1.54, 1.807) is 37.3 Å². The van der Waals surface area contributed by atoms with Crippen molar-refractivity contribution in [3.8, 4) is 23.1 Å².